The smallest absolute Gasteiger partial charge is 0.331 e. The third-order valence-corrected chi connectivity index (χ3v) is 3.64. The number of hydrogen-bond donors (Lipinski definition) is 1. The Labute approximate surface area is 149 Å². The molecule has 1 aliphatic rings. The first kappa shape index (κ1) is 18.6. The molecule has 0 radical (unpaired) electrons. The topological polar surface area (TPSA) is 94.2 Å². The molecule has 1 fully saturated rings. The molecule has 1 aromatic rings. The summed E-state index contributed by atoms with van der Waals surface area (Å²) in [6, 6.07) is 2.73. The maximum atomic E-state index is 11.7. The highest BCUT2D eigenvalue weighted by atomic mass is 35.5. The lowest BCUT2D eigenvalue weighted by Crippen LogP contribution is -2.37. The summed E-state index contributed by atoms with van der Waals surface area (Å²) in [5.74, 6) is -0.499. The molecule has 0 aromatic heterocycles. The van der Waals surface area contributed by atoms with Gasteiger partial charge in [-0.05, 0) is 23.8 Å². The molecule has 1 aliphatic heterocycles. The van der Waals surface area contributed by atoms with Crippen molar-refractivity contribution in [3.63, 3.8) is 0 Å². The molecule has 9 heteroatoms. The van der Waals surface area contributed by atoms with Crippen molar-refractivity contribution in [2.24, 2.45) is 0 Å². The number of methoxy groups -OCH3 is 2. The van der Waals surface area contributed by atoms with Gasteiger partial charge in [0, 0.05) is 19.2 Å². The molecule has 25 heavy (non-hydrogen) atoms. The van der Waals surface area contributed by atoms with Gasteiger partial charge in [0.05, 0.1) is 19.2 Å². The van der Waals surface area contributed by atoms with E-state index < -0.39 is 24.5 Å². The highest BCUT2D eigenvalue weighted by Gasteiger charge is 2.26. The molecule has 1 saturated heterocycles. The molecule has 1 heterocycles. The Bertz CT molecular complexity index is 719. The van der Waals surface area contributed by atoms with Gasteiger partial charge in [-0.25, -0.2) is 9.59 Å². The maximum Gasteiger partial charge on any atom is 0.331 e. The van der Waals surface area contributed by atoms with Crippen molar-refractivity contribution in [3.8, 4) is 11.5 Å². The number of benzene rings is 1. The van der Waals surface area contributed by atoms with Crippen LogP contribution in [0.25, 0.3) is 6.08 Å². The van der Waals surface area contributed by atoms with Gasteiger partial charge >= 0.3 is 12.0 Å². The number of carbonyl (C=O) groups is 3. The Morgan fingerprint density at radius 2 is 2.08 bits per heavy atom. The van der Waals surface area contributed by atoms with Crippen molar-refractivity contribution >= 4 is 35.6 Å². The Morgan fingerprint density at radius 1 is 1.32 bits per heavy atom. The van der Waals surface area contributed by atoms with Crippen LogP contribution in [0.2, 0.25) is 5.02 Å². The standard InChI is InChI=1S/C16H17ClN2O6/c1-23-12-8-10(7-11(17)15(12)24-2)3-4-14(21)25-9-13(20)19-6-5-18-16(19)22/h3-4,7-8H,5-6,9H2,1-2H3,(H,18,22)/b4-3+. The van der Waals surface area contributed by atoms with Crippen molar-refractivity contribution in [1.82, 2.24) is 10.2 Å². The number of hydrogen-bond acceptors (Lipinski definition) is 6. The summed E-state index contributed by atoms with van der Waals surface area (Å²) in [4.78, 5) is 35.8. The van der Waals surface area contributed by atoms with Crippen LogP contribution in [0.1, 0.15) is 5.56 Å². The van der Waals surface area contributed by atoms with Gasteiger partial charge in [0.15, 0.2) is 18.1 Å². The highest BCUT2D eigenvalue weighted by Crippen LogP contribution is 2.36. The molecule has 3 amide bonds. The molecule has 0 aliphatic carbocycles. The van der Waals surface area contributed by atoms with Crippen LogP contribution in [0.15, 0.2) is 18.2 Å². The summed E-state index contributed by atoms with van der Waals surface area (Å²) in [5.41, 5.74) is 0.588. The van der Waals surface area contributed by atoms with E-state index in [0.29, 0.717) is 28.6 Å². The Hall–Kier alpha value is -2.74. The molecule has 0 bridgehead atoms. The first-order chi connectivity index (χ1) is 12.0. The quantitative estimate of drug-likeness (QED) is 0.603. The van der Waals surface area contributed by atoms with Gasteiger partial charge in [-0.15, -0.1) is 0 Å². The summed E-state index contributed by atoms with van der Waals surface area (Å²) in [6.07, 6.45) is 2.61. The van der Waals surface area contributed by atoms with Crippen LogP contribution in [-0.4, -0.2) is 56.7 Å². The van der Waals surface area contributed by atoms with E-state index in [1.807, 2.05) is 0 Å². The molecule has 1 N–H and O–H groups in total. The fourth-order valence-corrected chi connectivity index (χ4v) is 2.46. The van der Waals surface area contributed by atoms with E-state index in [4.69, 9.17) is 25.8 Å². The number of halogens is 1. The van der Waals surface area contributed by atoms with E-state index in [1.165, 1.54) is 20.3 Å². The van der Waals surface area contributed by atoms with Gasteiger partial charge in [0.25, 0.3) is 5.91 Å². The van der Waals surface area contributed by atoms with Crippen LogP contribution in [0.5, 0.6) is 11.5 Å². The van der Waals surface area contributed by atoms with Crippen molar-refractivity contribution in [3.05, 3.63) is 28.8 Å². The van der Waals surface area contributed by atoms with Gasteiger partial charge in [-0.1, -0.05) is 11.6 Å². The number of nitrogens with one attached hydrogen (secondary N) is 1. The Balaban J connectivity index is 1.95. The fraction of sp³-hybridized carbons (Fsp3) is 0.312. The van der Waals surface area contributed by atoms with Crippen molar-refractivity contribution in [2.45, 2.75) is 0 Å². The maximum absolute atomic E-state index is 11.7. The number of amides is 3. The molecular weight excluding hydrogens is 352 g/mol. The number of ether oxygens (including phenoxy) is 3. The predicted molar refractivity (Wildman–Crippen MR) is 89.7 cm³/mol. The van der Waals surface area contributed by atoms with Gasteiger partial charge in [0.1, 0.15) is 0 Å². The van der Waals surface area contributed by atoms with Gasteiger partial charge in [-0.2, -0.15) is 0 Å². The monoisotopic (exact) mass is 368 g/mol. The minimum Gasteiger partial charge on any atom is -0.493 e. The first-order valence-electron chi connectivity index (χ1n) is 7.30. The molecule has 0 unspecified atom stereocenters. The lowest BCUT2D eigenvalue weighted by molar-refractivity contribution is -0.146. The number of carbonyl (C=O) groups excluding carboxylic acids is 3. The second-order valence-corrected chi connectivity index (χ2v) is 5.36. The summed E-state index contributed by atoms with van der Waals surface area (Å²) >= 11 is 6.07. The molecule has 2 rings (SSSR count). The SMILES string of the molecule is COc1cc(/C=C/C(=O)OCC(=O)N2CCNC2=O)cc(Cl)c1OC. The van der Waals surface area contributed by atoms with Crippen LogP contribution in [0.4, 0.5) is 4.79 Å². The number of esters is 1. The summed E-state index contributed by atoms with van der Waals surface area (Å²) in [6.45, 7) is 0.136. The zero-order valence-electron chi connectivity index (χ0n) is 13.7. The highest BCUT2D eigenvalue weighted by molar-refractivity contribution is 6.32. The van der Waals surface area contributed by atoms with E-state index in [1.54, 1.807) is 12.1 Å². The second kappa shape index (κ2) is 8.39. The van der Waals surface area contributed by atoms with Crippen LogP contribution in [0, 0.1) is 0 Å². The van der Waals surface area contributed by atoms with Crippen LogP contribution < -0.4 is 14.8 Å². The summed E-state index contributed by atoms with van der Waals surface area (Å²) in [5, 5.41) is 2.81. The molecule has 1 aromatic carbocycles. The van der Waals surface area contributed by atoms with Crippen molar-refractivity contribution in [2.75, 3.05) is 33.9 Å². The lowest BCUT2D eigenvalue weighted by atomic mass is 10.2. The molecule has 8 nitrogen and oxygen atoms in total. The largest absolute Gasteiger partial charge is 0.493 e. The number of urea groups is 1. The van der Waals surface area contributed by atoms with Crippen molar-refractivity contribution < 1.29 is 28.6 Å². The average Bonchev–Trinajstić information content (AvgIpc) is 3.03. The van der Waals surface area contributed by atoms with Crippen LogP contribution in [-0.2, 0) is 14.3 Å². The first-order valence-corrected chi connectivity index (χ1v) is 7.68. The van der Waals surface area contributed by atoms with Crippen molar-refractivity contribution in [1.29, 1.82) is 0 Å². The zero-order valence-corrected chi connectivity index (χ0v) is 14.5. The van der Waals surface area contributed by atoms with Crippen LogP contribution >= 0.6 is 11.6 Å². The van der Waals surface area contributed by atoms with E-state index in [-0.39, 0.29) is 6.54 Å². The fourth-order valence-electron chi connectivity index (χ4n) is 2.17. The molecule has 0 saturated carbocycles. The Morgan fingerprint density at radius 3 is 2.68 bits per heavy atom. The van der Waals surface area contributed by atoms with Gasteiger partial charge in [-0.3, -0.25) is 9.69 Å². The normalized spacial score (nSPS) is 13.7. The third kappa shape index (κ3) is 4.63. The minimum absolute atomic E-state index is 0.259. The van der Waals surface area contributed by atoms with E-state index >= 15 is 0 Å². The second-order valence-electron chi connectivity index (χ2n) is 4.96. The average molecular weight is 369 g/mol. The summed E-state index contributed by atoms with van der Waals surface area (Å²) in [7, 11) is 2.93. The third-order valence-electron chi connectivity index (χ3n) is 3.36. The van der Waals surface area contributed by atoms with E-state index in [2.05, 4.69) is 5.32 Å². The molecule has 0 spiro atoms. The molecule has 134 valence electrons. The van der Waals surface area contributed by atoms with E-state index in [9.17, 15) is 14.4 Å². The minimum atomic E-state index is -0.723. The zero-order chi connectivity index (χ0) is 18.4. The van der Waals surface area contributed by atoms with E-state index in [0.717, 1.165) is 11.0 Å². The van der Waals surface area contributed by atoms with Gasteiger partial charge < -0.3 is 19.5 Å². The van der Waals surface area contributed by atoms with Crippen LogP contribution in [0.3, 0.4) is 0 Å². The number of imide groups is 1. The molecule has 0 atom stereocenters. The number of nitrogens with zero attached hydrogens (tertiary/aromatic N) is 1. The predicted octanol–water partition coefficient (Wildman–Crippen LogP) is 1.47. The lowest BCUT2D eigenvalue weighted by Gasteiger charge is -2.11. The summed E-state index contributed by atoms with van der Waals surface area (Å²) < 4.78 is 15.1. The molecular formula is C16H17ClN2O6. The Kier molecular flexibility index (Phi) is 6.24. The number of rotatable bonds is 6. The van der Waals surface area contributed by atoms with Gasteiger partial charge in [0.2, 0.25) is 0 Å².